The number of carbonyl (C=O) groups excluding carboxylic acids is 1. The van der Waals surface area contributed by atoms with Crippen LogP contribution in [-0.2, 0) is 5.41 Å². The van der Waals surface area contributed by atoms with Crippen molar-refractivity contribution in [1.29, 1.82) is 0 Å². The maximum Gasteiger partial charge on any atom is 0.326 e. The second-order valence-corrected chi connectivity index (χ2v) is 8.92. The second kappa shape index (κ2) is 7.23. The third-order valence-electron chi connectivity index (χ3n) is 5.82. The molecule has 0 aliphatic carbocycles. The van der Waals surface area contributed by atoms with E-state index in [1.165, 1.54) is 5.56 Å². The molecule has 4 rings (SSSR count). The highest BCUT2D eigenvalue weighted by Crippen LogP contribution is 2.50. The summed E-state index contributed by atoms with van der Waals surface area (Å²) in [6.45, 7) is 6.53. The lowest BCUT2D eigenvalue weighted by molar-refractivity contribution is 0.243. The van der Waals surface area contributed by atoms with Crippen molar-refractivity contribution < 1.29 is 4.79 Å². The zero-order chi connectivity index (χ0) is 20.6. The number of anilines is 2. The fourth-order valence-corrected chi connectivity index (χ4v) is 4.88. The molecule has 0 bridgehead atoms. The third kappa shape index (κ3) is 3.51. The Morgan fingerprint density at radius 1 is 0.931 bits per heavy atom. The number of hydrogen-bond acceptors (Lipinski definition) is 1. The Balaban J connectivity index is 1.79. The molecule has 0 unspecified atom stereocenters. The minimum absolute atomic E-state index is 0.153. The molecule has 0 fully saturated rings. The van der Waals surface area contributed by atoms with Crippen molar-refractivity contribution in [3.63, 3.8) is 0 Å². The lowest BCUT2D eigenvalue weighted by atomic mass is 9.65. The number of nitrogens with zero attached hydrogens (tertiary/aromatic N) is 1. The molecule has 0 radical (unpaired) electrons. The van der Waals surface area contributed by atoms with Gasteiger partial charge in [0.1, 0.15) is 0 Å². The highest BCUT2D eigenvalue weighted by Gasteiger charge is 2.47. The van der Waals surface area contributed by atoms with E-state index in [1.807, 2.05) is 41.3 Å². The van der Waals surface area contributed by atoms with E-state index in [9.17, 15) is 4.79 Å². The molecular weight excluding hydrogens is 380 g/mol. The number of nitrogens with one attached hydrogen (secondary N) is 1. The number of urea groups is 1. The average molecular weight is 405 g/mol. The van der Waals surface area contributed by atoms with Gasteiger partial charge in [0.15, 0.2) is 0 Å². The number of halogens is 1. The number of amides is 2. The van der Waals surface area contributed by atoms with Crippen LogP contribution in [0.2, 0.25) is 5.02 Å². The van der Waals surface area contributed by atoms with E-state index >= 15 is 0 Å². The number of para-hydroxylation sites is 1. The smallest absolute Gasteiger partial charge is 0.307 e. The van der Waals surface area contributed by atoms with Crippen LogP contribution in [0.15, 0.2) is 78.9 Å². The first-order valence-corrected chi connectivity index (χ1v) is 10.2. The molecule has 1 aliphatic heterocycles. The second-order valence-electron chi connectivity index (χ2n) is 8.48. The molecule has 0 aromatic heterocycles. The highest BCUT2D eigenvalue weighted by molar-refractivity contribution is 6.30. The molecule has 3 aromatic carbocycles. The van der Waals surface area contributed by atoms with Crippen LogP contribution in [0.4, 0.5) is 16.2 Å². The van der Waals surface area contributed by atoms with E-state index in [-0.39, 0.29) is 17.0 Å². The molecule has 3 nitrogen and oxygen atoms in total. The van der Waals surface area contributed by atoms with Gasteiger partial charge in [-0.3, -0.25) is 4.90 Å². The molecule has 4 heteroatoms. The summed E-state index contributed by atoms with van der Waals surface area (Å²) in [6.07, 6.45) is 0.810. The van der Waals surface area contributed by atoms with Crippen molar-refractivity contribution in [2.75, 3.05) is 10.2 Å². The topological polar surface area (TPSA) is 32.3 Å². The molecule has 3 aromatic rings. The molecular formula is C25H25ClN2O. The number of rotatable bonds is 2. The minimum Gasteiger partial charge on any atom is -0.307 e. The van der Waals surface area contributed by atoms with Crippen LogP contribution in [-0.4, -0.2) is 11.6 Å². The van der Waals surface area contributed by atoms with Crippen molar-refractivity contribution in [1.82, 2.24) is 0 Å². The molecule has 1 aliphatic rings. The van der Waals surface area contributed by atoms with Gasteiger partial charge in [0.25, 0.3) is 0 Å². The van der Waals surface area contributed by atoms with E-state index in [2.05, 4.69) is 56.4 Å². The molecule has 1 N–H and O–H groups in total. The summed E-state index contributed by atoms with van der Waals surface area (Å²) < 4.78 is 0. The Kier molecular flexibility index (Phi) is 4.87. The first-order valence-electron chi connectivity index (χ1n) is 9.83. The van der Waals surface area contributed by atoms with Gasteiger partial charge < -0.3 is 5.32 Å². The van der Waals surface area contributed by atoms with Crippen molar-refractivity contribution in [3.05, 3.63) is 95.0 Å². The Labute approximate surface area is 177 Å². The van der Waals surface area contributed by atoms with Crippen LogP contribution < -0.4 is 10.2 Å². The van der Waals surface area contributed by atoms with Gasteiger partial charge in [-0.1, -0.05) is 73.1 Å². The van der Waals surface area contributed by atoms with Gasteiger partial charge in [-0.15, -0.1) is 0 Å². The van der Waals surface area contributed by atoms with Crippen LogP contribution in [0, 0.1) is 0 Å². The molecule has 0 spiro atoms. The third-order valence-corrected chi connectivity index (χ3v) is 6.06. The summed E-state index contributed by atoms with van der Waals surface area (Å²) in [5.74, 6) is 0. The van der Waals surface area contributed by atoms with Gasteiger partial charge in [0, 0.05) is 21.7 Å². The number of fused-ring (bicyclic) bond motifs is 1. The lowest BCUT2D eigenvalue weighted by Gasteiger charge is -2.51. The van der Waals surface area contributed by atoms with E-state index in [0.29, 0.717) is 10.7 Å². The lowest BCUT2D eigenvalue weighted by Crippen LogP contribution is -2.57. The normalized spacial score (nSPS) is 20.1. The minimum atomic E-state index is -0.387. The first-order chi connectivity index (χ1) is 13.8. The van der Waals surface area contributed by atoms with Crippen molar-refractivity contribution >= 4 is 29.0 Å². The van der Waals surface area contributed by atoms with Crippen LogP contribution in [0.25, 0.3) is 0 Å². The SMILES string of the molecule is CC1(C)C[C@@](C)(c2ccccc2)c2ccccc2N1C(=O)Nc1cccc(Cl)c1. The van der Waals surface area contributed by atoms with E-state index in [4.69, 9.17) is 11.6 Å². The number of carbonyl (C=O) groups is 1. The standard InChI is InChI=1S/C25H25ClN2O/c1-24(2)17-25(3,18-10-5-4-6-11-18)21-14-7-8-15-22(21)28(24)23(29)27-20-13-9-12-19(26)16-20/h4-16H,17H2,1-3H3,(H,27,29)/t25-/m0/s1. The van der Waals surface area contributed by atoms with Gasteiger partial charge in [0.05, 0.1) is 5.69 Å². The van der Waals surface area contributed by atoms with Gasteiger partial charge >= 0.3 is 6.03 Å². The maximum absolute atomic E-state index is 13.4. The van der Waals surface area contributed by atoms with Crippen molar-refractivity contribution in [2.24, 2.45) is 0 Å². The van der Waals surface area contributed by atoms with Gasteiger partial charge in [0.2, 0.25) is 0 Å². The van der Waals surface area contributed by atoms with E-state index < -0.39 is 0 Å². The largest absolute Gasteiger partial charge is 0.326 e. The summed E-state index contributed by atoms with van der Waals surface area (Å²) in [4.78, 5) is 15.3. The Bertz CT molecular complexity index is 1050. The summed E-state index contributed by atoms with van der Waals surface area (Å²) in [6, 6.07) is 25.8. The zero-order valence-corrected chi connectivity index (χ0v) is 17.7. The predicted molar refractivity (Wildman–Crippen MR) is 121 cm³/mol. The molecule has 0 saturated carbocycles. The van der Waals surface area contributed by atoms with Crippen molar-refractivity contribution in [3.8, 4) is 0 Å². The summed E-state index contributed by atoms with van der Waals surface area (Å²) in [7, 11) is 0. The van der Waals surface area contributed by atoms with Gasteiger partial charge in [-0.25, -0.2) is 4.79 Å². The zero-order valence-electron chi connectivity index (χ0n) is 16.9. The summed E-state index contributed by atoms with van der Waals surface area (Å²) in [5, 5.41) is 3.61. The Morgan fingerprint density at radius 3 is 2.34 bits per heavy atom. The molecule has 1 heterocycles. The van der Waals surface area contributed by atoms with Crippen LogP contribution in [0.1, 0.15) is 38.3 Å². The van der Waals surface area contributed by atoms with Crippen molar-refractivity contribution in [2.45, 2.75) is 38.1 Å². The summed E-state index contributed by atoms with van der Waals surface area (Å²) >= 11 is 6.09. The van der Waals surface area contributed by atoms with Crippen LogP contribution >= 0.6 is 11.6 Å². The van der Waals surface area contributed by atoms with Crippen LogP contribution in [0.5, 0.6) is 0 Å². The Morgan fingerprint density at radius 2 is 1.62 bits per heavy atom. The molecule has 1 atom stereocenters. The van der Waals surface area contributed by atoms with Gasteiger partial charge in [-0.2, -0.15) is 0 Å². The molecule has 29 heavy (non-hydrogen) atoms. The van der Waals surface area contributed by atoms with E-state index in [0.717, 1.165) is 17.7 Å². The predicted octanol–water partition coefficient (Wildman–Crippen LogP) is 6.87. The average Bonchev–Trinajstić information content (AvgIpc) is 2.68. The first kappa shape index (κ1) is 19.5. The van der Waals surface area contributed by atoms with Gasteiger partial charge in [-0.05, 0) is 55.7 Å². The fourth-order valence-electron chi connectivity index (χ4n) is 4.69. The number of benzene rings is 3. The number of hydrogen-bond donors (Lipinski definition) is 1. The molecule has 2 amide bonds. The quantitative estimate of drug-likeness (QED) is 0.496. The summed E-state index contributed by atoms with van der Waals surface area (Å²) in [5.41, 5.74) is 3.47. The monoisotopic (exact) mass is 404 g/mol. The van der Waals surface area contributed by atoms with E-state index in [1.54, 1.807) is 12.1 Å². The maximum atomic E-state index is 13.4. The highest BCUT2D eigenvalue weighted by atomic mass is 35.5. The fraction of sp³-hybridized carbons (Fsp3) is 0.240. The Hall–Kier alpha value is -2.78. The van der Waals surface area contributed by atoms with Crippen LogP contribution in [0.3, 0.4) is 0 Å². The molecule has 0 saturated heterocycles. The molecule has 148 valence electrons.